The second-order valence-corrected chi connectivity index (χ2v) is 4.99. The first kappa shape index (κ1) is 11.7. The fraction of sp³-hybridized carbons (Fsp3) is 0.600. The summed E-state index contributed by atoms with van der Waals surface area (Å²) in [6.07, 6.45) is 7.59. The summed E-state index contributed by atoms with van der Waals surface area (Å²) in [4.78, 5) is 0. The smallest absolute Gasteiger partial charge is 0.0433 e. The van der Waals surface area contributed by atoms with Gasteiger partial charge in [0.2, 0.25) is 0 Å². The summed E-state index contributed by atoms with van der Waals surface area (Å²) in [6.45, 7) is 0.357. The van der Waals surface area contributed by atoms with Gasteiger partial charge >= 0.3 is 0 Å². The van der Waals surface area contributed by atoms with Crippen molar-refractivity contribution in [3.8, 4) is 0 Å². The van der Waals surface area contributed by atoms with Crippen molar-refractivity contribution in [2.45, 2.75) is 38.5 Å². The van der Waals surface area contributed by atoms with E-state index in [-0.39, 0.29) is 0 Å². The molecule has 1 heteroatoms. The lowest BCUT2D eigenvalue weighted by molar-refractivity contribution is 0.153. The zero-order valence-electron chi connectivity index (χ0n) is 9.94. The van der Waals surface area contributed by atoms with Gasteiger partial charge in [0.25, 0.3) is 0 Å². The second kappa shape index (κ2) is 6.05. The molecule has 0 spiro atoms. The molecule has 88 valence electrons. The highest BCUT2D eigenvalue weighted by Gasteiger charge is 2.26. The number of hydrogen-bond acceptors (Lipinski definition) is 1. The number of rotatable bonds is 6. The van der Waals surface area contributed by atoms with Gasteiger partial charge in [-0.05, 0) is 36.7 Å². The predicted molar refractivity (Wildman–Crippen MR) is 67.3 cm³/mol. The Morgan fingerprint density at radius 1 is 1.12 bits per heavy atom. The Morgan fingerprint density at radius 2 is 1.88 bits per heavy atom. The average molecular weight is 218 g/mol. The van der Waals surface area contributed by atoms with Crippen molar-refractivity contribution in [3.05, 3.63) is 35.9 Å². The molecule has 1 aromatic rings. The van der Waals surface area contributed by atoms with E-state index in [0.29, 0.717) is 6.61 Å². The van der Waals surface area contributed by atoms with Crippen LogP contribution in [0.1, 0.15) is 37.7 Å². The van der Waals surface area contributed by atoms with Crippen LogP contribution in [0.25, 0.3) is 0 Å². The molecular weight excluding hydrogens is 196 g/mol. The van der Waals surface area contributed by atoms with E-state index in [1.165, 1.54) is 37.7 Å². The van der Waals surface area contributed by atoms with E-state index in [9.17, 15) is 0 Å². The van der Waals surface area contributed by atoms with Crippen LogP contribution in [-0.2, 0) is 6.42 Å². The fourth-order valence-electron chi connectivity index (χ4n) is 2.69. The van der Waals surface area contributed by atoms with Crippen LogP contribution in [0.3, 0.4) is 0 Å². The van der Waals surface area contributed by atoms with Gasteiger partial charge in [-0.1, -0.05) is 49.6 Å². The van der Waals surface area contributed by atoms with Gasteiger partial charge in [-0.2, -0.15) is 0 Å². The van der Waals surface area contributed by atoms with Gasteiger partial charge in [0.05, 0.1) is 0 Å². The highest BCUT2D eigenvalue weighted by atomic mass is 16.3. The molecule has 1 saturated carbocycles. The molecule has 1 nitrogen and oxygen atoms in total. The van der Waals surface area contributed by atoms with Gasteiger partial charge in [-0.15, -0.1) is 0 Å². The Balaban J connectivity index is 1.81. The molecule has 0 aromatic heterocycles. The molecule has 0 radical (unpaired) electrons. The number of aliphatic hydroxyl groups excluding tert-OH is 1. The summed E-state index contributed by atoms with van der Waals surface area (Å²) in [5.74, 6) is 1.65. The maximum absolute atomic E-state index is 9.10. The molecule has 1 atom stereocenters. The van der Waals surface area contributed by atoms with E-state index in [4.69, 9.17) is 5.11 Å². The molecule has 2 rings (SSSR count). The van der Waals surface area contributed by atoms with Crippen LogP contribution >= 0.6 is 0 Å². The molecule has 0 heterocycles. The van der Waals surface area contributed by atoms with E-state index < -0.39 is 0 Å². The van der Waals surface area contributed by atoms with E-state index in [1.54, 1.807) is 0 Å². The van der Waals surface area contributed by atoms with E-state index in [2.05, 4.69) is 30.3 Å². The van der Waals surface area contributed by atoms with Gasteiger partial charge < -0.3 is 5.11 Å². The molecule has 0 aliphatic heterocycles. The normalized spacial score (nSPS) is 18.1. The minimum absolute atomic E-state index is 0.357. The molecule has 1 unspecified atom stereocenters. The van der Waals surface area contributed by atoms with Crippen LogP contribution in [0.2, 0.25) is 0 Å². The Morgan fingerprint density at radius 3 is 2.44 bits per heavy atom. The molecule has 0 bridgehead atoms. The molecule has 1 aliphatic rings. The molecule has 1 aromatic carbocycles. The summed E-state index contributed by atoms with van der Waals surface area (Å²) in [5.41, 5.74) is 1.43. The van der Waals surface area contributed by atoms with Crippen molar-refractivity contribution in [1.29, 1.82) is 0 Å². The van der Waals surface area contributed by atoms with Gasteiger partial charge in [-0.3, -0.25) is 0 Å². The quantitative estimate of drug-likeness (QED) is 0.775. The Hall–Kier alpha value is -0.820. The minimum Gasteiger partial charge on any atom is -0.396 e. The fourth-order valence-corrected chi connectivity index (χ4v) is 2.69. The lowest BCUT2D eigenvalue weighted by Crippen LogP contribution is -2.23. The zero-order valence-corrected chi connectivity index (χ0v) is 9.94. The lowest BCUT2D eigenvalue weighted by Gasteiger charge is -2.33. The molecule has 1 aliphatic carbocycles. The largest absolute Gasteiger partial charge is 0.396 e. The molecule has 1 N–H and O–H groups in total. The molecule has 1 fully saturated rings. The van der Waals surface area contributed by atoms with E-state index >= 15 is 0 Å². The van der Waals surface area contributed by atoms with Crippen molar-refractivity contribution in [2.24, 2.45) is 11.8 Å². The van der Waals surface area contributed by atoms with Crippen LogP contribution in [0, 0.1) is 11.8 Å². The van der Waals surface area contributed by atoms with Crippen molar-refractivity contribution in [2.75, 3.05) is 6.61 Å². The topological polar surface area (TPSA) is 20.2 Å². The molecular formula is C15H22O. The van der Waals surface area contributed by atoms with E-state index in [1.807, 2.05) is 0 Å². The monoisotopic (exact) mass is 218 g/mol. The average Bonchev–Trinajstić information content (AvgIpc) is 2.25. The minimum atomic E-state index is 0.357. The molecule has 0 amide bonds. The van der Waals surface area contributed by atoms with Crippen LogP contribution in [-0.4, -0.2) is 11.7 Å². The number of hydrogen-bond donors (Lipinski definition) is 1. The van der Waals surface area contributed by atoms with Crippen molar-refractivity contribution in [1.82, 2.24) is 0 Å². The molecule has 16 heavy (non-hydrogen) atoms. The molecule has 0 saturated heterocycles. The first-order valence-corrected chi connectivity index (χ1v) is 6.55. The van der Waals surface area contributed by atoms with Crippen molar-refractivity contribution < 1.29 is 5.11 Å². The summed E-state index contributed by atoms with van der Waals surface area (Å²) >= 11 is 0. The van der Waals surface area contributed by atoms with Crippen LogP contribution in [0.4, 0.5) is 0 Å². The lowest BCUT2D eigenvalue weighted by atomic mass is 9.72. The van der Waals surface area contributed by atoms with Gasteiger partial charge in [0.15, 0.2) is 0 Å². The summed E-state index contributed by atoms with van der Waals surface area (Å²) in [5, 5.41) is 9.10. The maximum Gasteiger partial charge on any atom is 0.0433 e. The van der Waals surface area contributed by atoms with Crippen molar-refractivity contribution >= 4 is 0 Å². The van der Waals surface area contributed by atoms with Gasteiger partial charge in [0.1, 0.15) is 0 Å². The number of aliphatic hydroxyl groups is 1. The number of aryl methyl sites for hydroxylation is 1. The summed E-state index contributed by atoms with van der Waals surface area (Å²) in [6, 6.07) is 10.7. The van der Waals surface area contributed by atoms with Gasteiger partial charge in [-0.25, -0.2) is 0 Å². The highest BCUT2D eigenvalue weighted by Crippen LogP contribution is 2.37. The Bertz CT molecular complexity index is 290. The van der Waals surface area contributed by atoms with Crippen molar-refractivity contribution in [3.63, 3.8) is 0 Å². The predicted octanol–water partition coefficient (Wildman–Crippen LogP) is 3.42. The first-order chi connectivity index (χ1) is 7.90. The summed E-state index contributed by atoms with van der Waals surface area (Å²) in [7, 11) is 0. The zero-order chi connectivity index (χ0) is 11.2. The summed E-state index contributed by atoms with van der Waals surface area (Å²) < 4.78 is 0. The second-order valence-electron chi connectivity index (χ2n) is 4.99. The number of benzene rings is 1. The van der Waals surface area contributed by atoms with Crippen LogP contribution < -0.4 is 0 Å². The third-order valence-electron chi connectivity index (χ3n) is 3.96. The Labute approximate surface area is 98.5 Å². The third-order valence-corrected chi connectivity index (χ3v) is 3.96. The third kappa shape index (κ3) is 3.08. The van der Waals surface area contributed by atoms with Crippen LogP contribution in [0.15, 0.2) is 30.3 Å². The first-order valence-electron chi connectivity index (χ1n) is 6.55. The van der Waals surface area contributed by atoms with Gasteiger partial charge in [0, 0.05) is 6.61 Å². The van der Waals surface area contributed by atoms with Crippen LogP contribution in [0.5, 0.6) is 0 Å². The maximum atomic E-state index is 9.10. The van der Waals surface area contributed by atoms with E-state index in [0.717, 1.165) is 18.3 Å². The highest BCUT2D eigenvalue weighted by molar-refractivity contribution is 5.14. The standard InChI is InChI=1S/C15H22O/c16-12-11-15(14-7-4-8-14)10-9-13-5-2-1-3-6-13/h1-3,5-6,14-16H,4,7-12H2. The SMILES string of the molecule is OCCC(CCc1ccccc1)C1CCC1. The Kier molecular flexibility index (Phi) is 4.41.